The summed E-state index contributed by atoms with van der Waals surface area (Å²) in [5.41, 5.74) is 4.63. The summed E-state index contributed by atoms with van der Waals surface area (Å²) in [5.74, 6) is -3.38. The number of non-ortho nitro benzene ring substituents is 1. The molecule has 116 valence electrons. The Morgan fingerprint density at radius 1 is 1.43 bits per heavy atom. The third-order valence-corrected chi connectivity index (χ3v) is 3.54. The summed E-state index contributed by atoms with van der Waals surface area (Å²) in [6.07, 6.45) is -4.72. The third-order valence-electron chi connectivity index (χ3n) is 2.36. The van der Waals surface area contributed by atoms with Crippen molar-refractivity contribution in [2.45, 2.75) is 6.18 Å². The van der Waals surface area contributed by atoms with E-state index in [2.05, 4.69) is 31.9 Å². The minimum Gasteiger partial charge on any atom is -0.490 e. The third kappa shape index (κ3) is 4.56. The van der Waals surface area contributed by atoms with Crippen LogP contribution in [0.3, 0.4) is 0 Å². The second kappa shape index (κ2) is 6.60. The number of nitro groups is 1. The Morgan fingerprint density at radius 3 is 2.24 bits per heavy atom. The van der Waals surface area contributed by atoms with E-state index in [1.54, 1.807) is 0 Å². The lowest BCUT2D eigenvalue weighted by Crippen LogP contribution is -2.39. The molecule has 1 rings (SSSR count). The van der Waals surface area contributed by atoms with Crippen LogP contribution in [0, 0.1) is 21.4 Å². The van der Waals surface area contributed by atoms with Crippen molar-refractivity contribution in [1.82, 2.24) is 0 Å². The van der Waals surface area contributed by atoms with Gasteiger partial charge in [-0.05, 0) is 31.9 Å². The van der Waals surface area contributed by atoms with Gasteiger partial charge < -0.3 is 10.5 Å². The molecule has 1 atom stereocenters. The van der Waals surface area contributed by atoms with E-state index in [-0.39, 0.29) is 20.4 Å². The molecule has 1 unspecified atom stereocenters. The van der Waals surface area contributed by atoms with Crippen LogP contribution < -0.4 is 10.5 Å². The van der Waals surface area contributed by atoms with Crippen molar-refractivity contribution in [1.29, 1.82) is 5.41 Å². The highest BCUT2D eigenvalue weighted by Gasteiger charge is 2.42. The predicted molar refractivity (Wildman–Crippen MR) is 75.5 cm³/mol. The number of halogens is 5. The van der Waals surface area contributed by atoms with Gasteiger partial charge in [0.15, 0.2) is 0 Å². The van der Waals surface area contributed by atoms with Gasteiger partial charge in [0.25, 0.3) is 5.69 Å². The molecule has 3 N–H and O–H groups in total. The maximum Gasteiger partial charge on any atom is 0.401 e. The molecule has 6 nitrogen and oxygen atoms in total. The van der Waals surface area contributed by atoms with Gasteiger partial charge in [0.1, 0.15) is 24.1 Å². The zero-order chi connectivity index (χ0) is 16.4. The Kier molecular flexibility index (Phi) is 5.56. The number of nitro benzene ring substituents is 1. The lowest BCUT2D eigenvalue weighted by Gasteiger charge is -2.20. The summed E-state index contributed by atoms with van der Waals surface area (Å²) in [6.45, 7) is -0.909. The lowest BCUT2D eigenvalue weighted by atomic mass is 10.1. The first kappa shape index (κ1) is 17.7. The molecule has 0 heterocycles. The van der Waals surface area contributed by atoms with Crippen LogP contribution in [0.25, 0.3) is 0 Å². The van der Waals surface area contributed by atoms with Crippen LogP contribution in [0.2, 0.25) is 0 Å². The summed E-state index contributed by atoms with van der Waals surface area (Å²) in [4.78, 5) is 9.97. The largest absolute Gasteiger partial charge is 0.490 e. The van der Waals surface area contributed by atoms with Gasteiger partial charge in [0.2, 0.25) is 0 Å². The molecule has 0 radical (unpaired) electrons. The number of rotatable bonds is 5. The molecule has 0 bridgehead atoms. The van der Waals surface area contributed by atoms with Crippen LogP contribution >= 0.6 is 31.9 Å². The number of benzene rings is 1. The van der Waals surface area contributed by atoms with E-state index in [1.807, 2.05) is 0 Å². The molecule has 21 heavy (non-hydrogen) atoms. The van der Waals surface area contributed by atoms with E-state index in [1.165, 1.54) is 0 Å². The van der Waals surface area contributed by atoms with Gasteiger partial charge in [0, 0.05) is 12.1 Å². The van der Waals surface area contributed by atoms with E-state index < -0.39 is 29.5 Å². The molecule has 0 fully saturated rings. The number of nitrogens with zero attached hydrogens (tertiary/aromatic N) is 1. The molecule has 0 aromatic heterocycles. The normalized spacial score (nSPS) is 12.8. The van der Waals surface area contributed by atoms with E-state index >= 15 is 0 Å². The fourth-order valence-electron chi connectivity index (χ4n) is 1.32. The molecule has 0 saturated heterocycles. The second-order valence-corrected chi connectivity index (χ2v) is 5.56. The van der Waals surface area contributed by atoms with Crippen molar-refractivity contribution in [3.8, 4) is 5.75 Å². The molecule has 0 amide bonds. The predicted octanol–water partition coefficient (Wildman–Crippen LogP) is 3.61. The Hall–Kier alpha value is -1.36. The lowest BCUT2D eigenvalue weighted by molar-refractivity contribution is -0.385. The van der Waals surface area contributed by atoms with Crippen LogP contribution in [-0.4, -0.2) is 23.5 Å². The molecular weight excluding hydrogens is 427 g/mol. The molecule has 0 aliphatic carbocycles. The monoisotopic (exact) mass is 433 g/mol. The highest BCUT2D eigenvalue weighted by atomic mass is 79.9. The highest BCUT2D eigenvalue weighted by molar-refractivity contribution is 9.11. The first-order chi connectivity index (χ1) is 9.54. The Balaban J connectivity index is 2.99. The number of nitrogens with one attached hydrogen (secondary N) is 1. The fraction of sp³-hybridized carbons (Fsp3) is 0.300. The molecule has 1 aromatic rings. The number of ether oxygens (including phenoxy) is 1. The summed E-state index contributed by atoms with van der Waals surface area (Å²) in [6, 6.07) is 2.19. The van der Waals surface area contributed by atoms with Crippen LogP contribution in [0.5, 0.6) is 5.75 Å². The molecule has 0 aliphatic rings. The standard InChI is InChI=1S/C10H8Br2F3N3O3/c11-6-1-4(18(19)20)2-7(12)8(6)21-3-5(9(16)17)10(13,14)15/h1-2,5H,3H2,(H3,16,17). The minimum absolute atomic E-state index is 0.0453. The van der Waals surface area contributed by atoms with Crippen LogP contribution in [0.15, 0.2) is 21.1 Å². The molecule has 11 heteroatoms. The number of hydrogen-bond donors (Lipinski definition) is 2. The van der Waals surface area contributed by atoms with Crippen molar-refractivity contribution >= 4 is 43.4 Å². The maximum absolute atomic E-state index is 12.6. The van der Waals surface area contributed by atoms with E-state index in [9.17, 15) is 23.3 Å². The van der Waals surface area contributed by atoms with Gasteiger partial charge >= 0.3 is 6.18 Å². The summed E-state index contributed by atoms with van der Waals surface area (Å²) >= 11 is 5.96. The first-order valence-electron chi connectivity index (χ1n) is 5.21. The van der Waals surface area contributed by atoms with E-state index in [4.69, 9.17) is 15.9 Å². The average Bonchev–Trinajstić information content (AvgIpc) is 2.29. The summed E-state index contributed by atoms with van der Waals surface area (Å²) in [5, 5.41) is 17.6. The van der Waals surface area contributed by atoms with Crippen molar-refractivity contribution in [2.75, 3.05) is 6.61 Å². The molecular formula is C10H8Br2F3N3O3. The van der Waals surface area contributed by atoms with Crippen LogP contribution in [-0.2, 0) is 0 Å². The zero-order valence-corrected chi connectivity index (χ0v) is 13.3. The Labute approximate surface area is 133 Å². The van der Waals surface area contributed by atoms with Crippen molar-refractivity contribution in [2.24, 2.45) is 11.7 Å². The van der Waals surface area contributed by atoms with Gasteiger partial charge in [-0.25, -0.2) is 0 Å². The number of alkyl halides is 3. The molecule has 0 spiro atoms. The quantitative estimate of drug-likeness (QED) is 0.319. The second-order valence-electron chi connectivity index (χ2n) is 3.86. The van der Waals surface area contributed by atoms with Crippen molar-refractivity contribution in [3.63, 3.8) is 0 Å². The Morgan fingerprint density at radius 2 is 1.90 bits per heavy atom. The van der Waals surface area contributed by atoms with Gasteiger partial charge in [-0.1, -0.05) is 0 Å². The minimum atomic E-state index is -4.72. The van der Waals surface area contributed by atoms with Gasteiger partial charge in [-0.15, -0.1) is 0 Å². The first-order valence-corrected chi connectivity index (χ1v) is 6.79. The number of nitrogens with two attached hydrogens (primary N) is 1. The topological polar surface area (TPSA) is 102 Å². The maximum atomic E-state index is 12.6. The van der Waals surface area contributed by atoms with Gasteiger partial charge in [-0.2, -0.15) is 13.2 Å². The fourth-order valence-corrected chi connectivity index (χ4v) is 2.71. The SMILES string of the molecule is N=C(N)C(COc1c(Br)cc([N+](=O)[O-])cc1Br)C(F)(F)F. The average molecular weight is 435 g/mol. The zero-order valence-electron chi connectivity index (χ0n) is 10.1. The number of amidine groups is 1. The molecule has 0 aliphatic heterocycles. The van der Waals surface area contributed by atoms with E-state index in [0.717, 1.165) is 12.1 Å². The molecule has 0 saturated carbocycles. The summed E-state index contributed by atoms with van der Waals surface area (Å²) < 4.78 is 43.1. The Bertz CT molecular complexity index is 557. The van der Waals surface area contributed by atoms with E-state index in [0.29, 0.717) is 0 Å². The van der Waals surface area contributed by atoms with Gasteiger partial charge in [-0.3, -0.25) is 15.5 Å². The van der Waals surface area contributed by atoms with Crippen molar-refractivity contribution in [3.05, 3.63) is 31.2 Å². The van der Waals surface area contributed by atoms with Crippen molar-refractivity contribution < 1.29 is 22.8 Å². The number of hydrogen-bond acceptors (Lipinski definition) is 4. The highest BCUT2D eigenvalue weighted by Crippen LogP contribution is 2.38. The summed E-state index contributed by atoms with van der Waals surface area (Å²) in [7, 11) is 0. The molecule has 1 aromatic carbocycles. The van der Waals surface area contributed by atoms with Gasteiger partial charge in [0.05, 0.1) is 13.9 Å². The smallest absolute Gasteiger partial charge is 0.401 e. The van der Waals surface area contributed by atoms with Crippen LogP contribution in [0.4, 0.5) is 18.9 Å². The van der Waals surface area contributed by atoms with Crippen LogP contribution in [0.1, 0.15) is 0 Å².